The largest absolute Gasteiger partial charge is 0.398 e. The SMILES string of the molecule is CC(C)CCOCCN1CCc2c(N)cccc21. The lowest BCUT2D eigenvalue weighted by Crippen LogP contribution is -2.25. The van der Waals surface area contributed by atoms with Gasteiger partial charge in [-0.25, -0.2) is 0 Å². The van der Waals surface area contributed by atoms with Crippen LogP contribution in [0.25, 0.3) is 0 Å². The smallest absolute Gasteiger partial charge is 0.0641 e. The van der Waals surface area contributed by atoms with Crippen molar-refractivity contribution in [1.82, 2.24) is 0 Å². The quantitative estimate of drug-likeness (QED) is 0.621. The Morgan fingerprint density at radius 1 is 1.33 bits per heavy atom. The van der Waals surface area contributed by atoms with Gasteiger partial charge in [-0.1, -0.05) is 19.9 Å². The molecule has 3 nitrogen and oxygen atoms in total. The van der Waals surface area contributed by atoms with Crippen LogP contribution in [0.1, 0.15) is 25.8 Å². The molecule has 3 heteroatoms. The summed E-state index contributed by atoms with van der Waals surface area (Å²) < 4.78 is 5.68. The van der Waals surface area contributed by atoms with Gasteiger partial charge in [-0.05, 0) is 30.9 Å². The number of hydrogen-bond acceptors (Lipinski definition) is 3. The van der Waals surface area contributed by atoms with Crippen LogP contribution in [0.5, 0.6) is 0 Å². The van der Waals surface area contributed by atoms with Gasteiger partial charge < -0.3 is 15.4 Å². The van der Waals surface area contributed by atoms with E-state index in [1.807, 2.05) is 12.1 Å². The highest BCUT2D eigenvalue weighted by atomic mass is 16.5. The fourth-order valence-electron chi connectivity index (χ4n) is 2.36. The number of fused-ring (bicyclic) bond motifs is 1. The Morgan fingerprint density at radius 3 is 2.94 bits per heavy atom. The van der Waals surface area contributed by atoms with Gasteiger partial charge >= 0.3 is 0 Å². The number of hydrogen-bond donors (Lipinski definition) is 1. The van der Waals surface area contributed by atoms with Gasteiger partial charge in [0.05, 0.1) is 6.61 Å². The van der Waals surface area contributed by atoms with E-state index in [1.165, 1.54) is 11.3 Å². The number of rotatable bonds is 6. The fraction of sp³-hybridized carbons (Fsp3) is 0.600. The molecule has 1 aliphatic rings. The molecule has 0 amide bonds. The number of anilines is 2. The lowest BCUT2D eigenvalue weighted by Gasteiger charge is -2.19. The zero-order valence-electron chi connectivity index (χ0n) is 11.5. The van der Waals surface area contributed by atoms with Crippen LogP contribution in [0.4, 0.5) is 11.4 Å². The van der Waals surface area contributed by atoms with E-state index in [0.717, 1.165) is 50.8 Å². The maximum absolute atomic E-state index is 5.99. The summed E-state index contributed by atoms with van der Waals surface area (Å²) in [6, 6.07) is 6.18. The molecule has 0 spiro atoms. The van der Waals surface area contributed by atoms with E-state index < -0.39 is 0 Å². The molecule has 1 heterocycles. The van der Waals surface area contributed by atoms with Crippen molar-refractivity contribution in [3.8, 4) is 0 Å². The number of benzene rings is 1. The van der Waals surface area contributed by atoms with Crippen LogP contribution in [0.3, 0.4) is 0 Å². The molecule has 0 bridgehead atoms. The van der Waals surface area contributed by atoms with Crippen LogP contribution in [0.15, 0.2) is 18.2 Å². The predicted octanol–water partition coefficient (Wildman–Crippen LogP) is 2.69. The average molecular weight is 248 g/mol. The molecule has 0 unspecified atom stereocenters. The lowest BCUT2D eigenvalue weighted by molar-refractivity contribution is 0.129. The fourth-order valence-corrected chi connectivity index (χ4v) is 2.36. The van der Waals surface area contributed by atoms with Gasteiger partial charge in [0.15, 0.2) is 0 Å². The summed E-state index contributed by atoms with van der Waals surface area (Å²) in [6.45, 7) is 8.16. The molecule has 100 valence electrons. The standard InChI is InChI=1S/C15H24N2O/c1-12(2)7-10-18-11-9-17-8-6-13-14(16)4-3-5-15(13)17/h3-5,12H,6-11,16H2,1-2H3. The van der Waals surface area contributed by atoms with Crippen LogP contribution in [-0.4, -0.2) is 26.3 Å². The zero-order chi connectivity index (χ0) is 13.0. The molecule has 1 aliphatic heterocycles. The Labute approximate surface area is 110 Å². The summed E-state index contributed by atoms with van der Waals surface area (Å²) in [4.78, 5) is 2.38. The number of nitrogen functional groups attached to an aromatic ring is 1. The van der Waals surface area contributed by atoms with E-state index in [4.69, 9.17) is 10.5 Å². The first kappa shape index (κ1) is 13.2. The summed E-state index contributed by atoms with van der Waals surface area (Å²) in [6.07, 6.45) is 2.21. The summed E-state index contributed by atoms with van der Waals surface area (Å²) in [5, 5.41) is 0. The van der Waals surface area contributed by atoms with Crippen LogP contribution in [0.2, 0.25) is 0 Å². The van der Waals surface area contributed by atoms with Crippen LogP contribution >= 0.6 is 0 Å². The highest BCUT2D eigenvalue weighted by molar-refractivity contribution is 5.68. The van der Waals surface area contributed by atoms with Crippen molar-refractivity contribution < 1.29 is 4.74 Å². The highest BCUT2D eigenvalue weighted by Gasteiger charge is 2.19. The zero-order valence-corrected chi connectivity index (χ0v) is 11.5. The maximum Gasteiger partial charge on any atom is 0.0641 e. The van der Waals surface area contributed by atoms with Gasteiger partial charge in [0.2, 0.25) is 0 Å². The van der Waals surface area contributed by atoms with Gasteiger partial charge in [0.25, 0.3) is 0 Å². The van der Waals surface area contributed by atoms with Crippen LogP contribution in [-0.2, 0) is 11.2 Å². The van der Waals surface area contributed by atoms with E-state index in [9.17, 15) is 0 Å². The summed E-state index contributed by atoms with van der Waals surface area (Å²) in [7, 11) is 0. The molecule has 2 rings (SSSR count). The second-order valence-corrected chi connectivity index (χ2v) is 5.38. The maximum atomic E-state index is 5.99. The molecule has 0 radical (unpaired) electrons. The minimum Gasteiger partial charge on any atom is -0.398 e. The third-order valence-electron chi connectivity index (χ3n) is 3.51. The summed E-state index contributed by atoms with van der Waals surface area (Å²) >= 11 is 0. The van der Waals surface area contributed by atoms with Crippen molar-refractivity contribution in [2.75, 3.05) is 36.9 Å². The van der Waals surface area contributed by atoms with Gasteiger partial charge in [-0.2, -0.15) is 0 Å². The Morgan fingerprint density at radius 2 is 2.17 bits per heavy atom. The molecule has 1 aromatic rings. The molecule has 18 heavy (non-hydrogen) atoms. The van der Waals surface area contributed by atoms with E-state index >= 15 is 0 Å². The van der Waals surface area contributed by atoms with Crippen molar-refractivity contribution in [2.24, 2.45) is 5.92 Å². The number of ether oxygens (including phenoxy) is 1. The normalized spacial score (nSPS) is 14.3. The van der Waals surface area contributed by atoms with Crippen molar-refractivity contribution >= 4 is 11.4 Å². The third-order valence-corrected chi connectivity index (χ3v) is 3.51. The van der Waals surface area contributed by atoms with Crippen LogP contribution < -0.4 is 10.6 Å². The van der Waals surface area contributed by atoms with Crippen molar-refractivity contribution in [3.05, 3.63) is 23.8 Å². The van der Waals surface area contributed by atoms with Crippen molar-refractivity contribution in [1.29, 1.82) is 0 Å². The topological polar surface area (TPSA) is 38.5 Å². The van der Waals surface area contributed by atoms with Gasteiger partial charge in [-0.15, -0.1) is 0 Å². The molecule has 0 atom stereocenters. The molecule has 0 aromatic heterocycles. The molecule has 0 saturated carbocycles. The first-order chi connectivity index (χ1) is 8.68. The van der Waals surface area contributed by atoms with E-state index in [-0.39, 0.29) is 0 Å². The van der Waals surface area contributed by atoms with Crippen LogP contribution in [0, 0.1) is 5.92 Å². The highest BCUT2D eigenvalue weighted by Crippen LogP contribution is 2.31. The average Bonchev–Trinajstić information content (AvgIpc) is 2.73. The van der Waals surface area contributed by atoms with Gasteiger partial charge in [-0.3, -0.25) is 0 Å². The Hall–Kier alpha value is -1.22. The predicted molar refractivity (Wildman–Crippen MR) is 77.0 cm³/mol. The van der Waals surface area contributed by atoms with Crippen molar-refractivity contribution in [2.45, 2.75) is 26.7 Å². The molecule has 0 saturated heterocycles. The molecular weight excluding hydrogens is 224 g/mol. The second kappa shape index (κ2) is 6.10. The number of nitrogens with zero attached hydrogens (tertiary/aromatic N) is 1. The molecule has 0 fully saturated rings. The second-order valence-electron chi connectivity index (χ2n) is 5.38. The first-order valence-corrected chi connectivity index (χ1v) is 6.88. The van der Waals surface area contributed by atoms with Gasteiger partial charge in [0, 0.05) is 36.6 Å². The Bertz CT molecular complexity index is 390. The van der Waals surface area contributed by atoms with Gasteiger partial charge in [0.1, 0.15) is 0 Å². The minimum absolute atomic E-state index is 0.720. The molecule has 0 aliphatic carbocycles. The minimum atomic E-state index is 0.720. The molecule has 2 N–H and O–H groups in total. The third kappa shape index (κ3) is 3.16. The molecular formula is C15H24N2O. The number of nitrogens with two attached hydrogens (primary N) is 1. The summed E-state index contributed by atoms with van der Waals surface area (Å²) in [5.41, 5.74) is 9.51. The monoisotopic (exact) mass is 248 g/mol. The Balaban J connectivity index is 1.78. The lowest BCUT2D eigenvalue weighted by atomic mass is 10.1. The first-order valence-electron chi connectivity index (χ1n) is 6.88. The van der Waals surface area contributed by atoms with Crippen molar-refractivity contribution in [3.63, 3.8) is 0 Å². The Kier molecular flexibility index (Phi) is 4.48. The van der Waals surface area contributed by atoms with E-state index in [2.05, 4.69) is 24.8 Å². The van der Waals surface area contributed by atoms with E-state index in [0.29, 0.717) is 0 Å². The summed E-state index contributed by atoms with van der Waals surface area (Å²) in [5.74, 6) is 0.720. The molecule has 1 aromatic carbocycles. The van der Waals surface area contributed by atoms with E-state index in [1.54, 1.807) is 0 Å².